The molecule has 1 aliphatic rings. The number of nitrogens with one attached hydrogen (secondary N) is 1. The summed E-state index contributed by atoms with van der Waals surface area (Å²) in [6.07, 6.45) is 5.80. The number of rotatable bonds is 5. The van der Waals surface area contributed by atoms with E-state index in [4.69, 9.17) is 0 Å². The van der Waals surface area contributed by atoms with Gasteiger partial charge in [0, 0.05) is 12.1 Å². The van der Waals surface area contributed by atoms with Crippen LogP contribution in [0, 0.1) is 0 Å². The topological polar surface area (TPSA) is 32.3 Å². The minimum atomic E-state index is -0.406. The van der Waals surface area contributed by atoms with Gasteiger partial charge in [-0.2, -0.15) is 0 Å². The van der Waals surface area contributed by atoms with E-state index in [0.717, 1.165) is 12.0 Å². The molecule has 0 radical (unpaired) electrons. The van der Waals surface area contributed by atoms with E-state index in [9.17, 15) is 5.11 Å². The molecule has 2 atom stereocenters. The van der Waals surface area contributed by atoms with Gasteiger partial charge in [-0.15, -0.1) is 0 Å². The van der Waals surface area contributed by atoms with Gasteiger partial charge < -0.3 is 10.4 Å². The van der Waals surface area contributed by atoms with Gasteiger partial charge in [-0.25, -0.2) is 0 Å². The van der Waals surface area contributed by atoms with Crippen molar-refractivity contribution in [2.45, 2.75) is 64.1 Å². The van der Waals surface area contributed by atoms with Crippen LogP contribution in [-0.4, -0.2) is 17.2 Å². The zero-order valence-corrected chi connectivity index (χ0v) is 11.5. The Bertz CT molecular complexity index is 354. The zero-order valence-electron chi connectivity index (χ0n) is 11.5. The molecule has 1 aromatic rings. The second kappa shape index (κ2) is 6.35. The third-order valence-corrected chi connectivity index (χ3v) is 4.06. The van der Waals surface area contributed by atoms with Crippen LogP contribution in [0.3, 0.4) is 0 Å². The van der Waals surface area contributed by atoms with Crippen molar-refractivity contribution in [3.63, 3.8) is 0 Å². The first-order chi connectivity index (χ1) is 8.70. The van der Waals surface area contributed by atoms with E-state index in [0.29, 0.717) is 6.04 Å². The van der Waals surface area contributed by atoms with Gasteiger partial charge in [0.2, 0.25) is 0 Å². The van der Waals surface area contributed by atoms with Crippen molar-refractivity contribution >= 4 is 0 Å². The summed E-state index contributed by atoms with van der Waals surface area (Å²) in [5.74, 6) is 0. The van der Waals surface area contributed by atoms with Crippen LogP contribution in [-0.2, 0) is 6.42 Å². The fourth-order valence-corrected chi connectivity index (χ4v) is 2.79. The van der Waals surface area contributed by atoms with Crippen LogP contribution in [0.15, 0.2) is 24.3 Å². The highest BCUT2D eigenvalue weighted by Crippen LogP contribution is 2.22. The lowest BCUT2D eigenvalue weighted by Gasteiger charge is -2.24. The fourth-order valence-electron chi connectivity index (χ4n) is 2.79. The Morgan fingerprint density at radius 3 is 2.39 bits per heavy atom. The molecule has 0 saturated heterocycles. The molecule has 0 spiro atoms. The van der Waals surface area contributed by atoms with Gasteiger partial charge in [0.25, 0.3) is 0 Å². The highest BCUT2D eigenvalue weighted by molar-refractivity contribution is 5.24. The lowest BCUT2D eigenvalue weighted by molar-refractivity contribution is 0.129. The smallest absolute Gasteiger partial charge is 0.0940 e. The Morgan fingerprint density at radius 1 is 1.22 bits per heavy atom. The van der Waals surface area contributed by atoms with E-state index < -0.39 is 6.10 Å². The number of aliphatic hydroxyl groups excluding tert-OH is 1. The third-order valence-electron chi connectivity index (χ3n) is 4.06. The monoisotopic (exact) mass is 247 g/mol. The lowest BCUT2D eigenvalue weighted by atomic mass is 10.0. The van der Waals surface area contributed by atoms with E-state index >= 15 is 0 Å². The summed E-state index contributed by atoms with van der Waals surface area (Å²) in [5.41, 5.74) is 2.34. The highest BCUT2D eigenvalue weighted by Gasteiger charge is 2.21. The molecule has 1 fully saturated rings. The molecular weight excluding hydrogens is 222 g/mol. The third kappa shape index (κ3) is 3.33. The molecule has 0 aromatic heterocycles. The van der Waals surface area contributed by atoms with Crippen molar-refractivity contribution < 1.29 is 5.11 Å². The molecule has 0 bridgehead atoms. The molecule has 0 amide bonds. The van der Waals surface area contributed by atoms with Gasteiger partial charge in [0.05, 0.1) is 6.10 Å². The first-order valence-corrected chi connectivity index (χ1v) is 7.23. The summed E-state index contributed by atoms with van der Waals surface area (Å²) in [6, 6.07) is 9.05. The first-order valence-electron chi connectivity index (χ1n) is 7.23. The van der Waals surface area contributed by atoms with Gasteiger partial charge in [0.1, 0.15) is 0 Å². The van der Waals surface area contributed by atoms with E-state index in [1.807, 2.05) is 0 Å². The maximum Gasteiger partial charge on any atom is 0.0940 e. The van der Waals surface area contributed by atoms with Gasteiger partial charge in [0.15, 0.2) is 0 Å². The molecule has 2 nitrogen and oxygen atoms in total. The Morgan fingerprint density at radius 2 is 1.83 bits per heavy atom. The summed E-state index contributed by atoms with van der Waals surface area (Å²) < 4.78 is 0. The van der Waals surface area contributed by atoms with Crippen molar-refractivity contribution in [2.24, 2.45) is 0 Å². The summed E-state index contributed by atoms with van der Waals surface area (Å²) in [5, 5.41) is 13.9. The lowest BCUT2D eigenvalue weighted by Crippen LogP contribution is -2.38. The van der Waals surface area contributed by atoms with Gasteiger partial charge in [-0.05, 0) is 37.3 Å². The first kappa shape index (κ1) is 13.6. The number of benzene rings is 1. The molecule has 0 aliphatic heterocycles. The maximum atomic E-state index is 10.4. The van der Waals surface area contributed by atoms with E-state index in [1.165, 1.54) is 31.2 Å². The van der Waals surface area contributed by atoms with E-state index in [1.54, 1.807) is 0 Å². The SMILES string of the molecule is CCc1ccc(C(O)C(C)NC2CCCC2)cc1. The van der Waals surface area contributed by atoms with Crippen LogP contribution in [0.4, 0.5) is 0 Å². The maximum absolute atomic E-state index is 10.4. The van der Waals surface area contributed by atoms with Crippen LogP contribution >= 0.6 is 0 Å². The second-order valence-electron chi connectivity index (χ2n) is 5.48. The van der Waals surface area contributed by atoms with Crippen molar-refractivity contribution in [1.82, 2.24) is 5.32 Å². The normalized spacial score (nSPS) is 19.9. The zero-order chi connectivity index (χ0) is 13.0. The average Bonchev–Trinajstić information content (AvgIpc) is 2.91. The fraction of sp³-hybridized carbons (Fsp3) is 0.625. The van der Waals surface area contributed by atoms with Crippen LogP contribution in [0.25, 0.3) is 0 Å². The molecule has 2 unspecified atom stereocenters. The van der Waals surface area contributed by atoms with Crippen molar-refractivity contribution in [3.8, 4) is 0 Å². The summed E-state index contributed by atoms with van der Waals surface area (Å²) in [4.78, 5) is 0. The highest BCUT2D eigenvalue weighted by atomic mass is 16.3. The number of aliphatic hydroxyl groups is 1. The van der Waals surface area contributed by atoms with Crippen LogP contribution < -0.4 is 5.32 Å². The van der Waals surface area contributed by atoms with E-state index in [2.05, 4.69) is 43.4 Å². The largest absolute Gasteiger partial charge is 0.387 e. The minimum absolute atomic E-state index is 0.126. The van der Waals surface area contributed by atoms with Crippen LogP contribution in [0.2, 0.25) is 0 Å². The standard InChI is InChI=1S/C16H25NO/c1-3-13-8-10-14(11-9-13)16(18)12(2)17-15-6-4-5-7-15/h8-12,15-18H,3-7H2,1-2H3. The molecule has 2 rings (SSSR count). The van der Waals surface area contributed by atoms with Crippen molar-refractivity contribution in [3.05, 3.63) is 35.4 Å². The molecule has 100 valence electrons. The average molecular weight is 247 g/mol. The molecular formula is C16H25NO. The Hall–Kier alpha value is -0.860. The van der Waals surface area contributed by atoms with Gasteiger partial charge in [-0.3, -0.25) is 0 Å². The molecule has 1 saturated carbocycles. The van der Waals surface area contributed by atoms with E-state index in [-0.39, 0.29) is 6.04 Å². The summed E-state index contributed by atoms with van der Waals surface area (Å²) in [7, 11) is 0. The van der Waals surface area contributed by atoms with Crippen molar-refractivity contribution in [1.29, 1.82) is 0 Å². The number of hydrogen-bond acceptors (Lipinski definition) is 2. The number of aryl methyl sites for hydroxylation is 1. The molecule has 1 aliphatic carbocycles. The molecule has 0 heterocycles. The molecule has 2 N–H and O–H groups in total. The van der Waals surface area contributed by atoms with Gasteiger partial charge >= 0.3 is 0 Å². The predicted octanol–water partition coefficient (Wildman–Crippen LogP) is 3.20. The molecule has 2 heteroatoms. The summed E-state index contributed by atoms with van der Waals surface area (Å²) in [6.45, 7) is 4.23. The quantitative estimate of drug-likeness (QED) is 0.837. The number of hydrogen-bond donors (Lipinski definition) is 2. The summed E-state index contributed by atoms with van der Waals surface area (Å²) >= 11 is 0. The second-order valence-corrected chi connectivity index (χ2v) is 5.48. The van der Waals surface area contributed by atoms with Crippen LogP contribution in [0.5, 0.6) is 0 Å². The minimum Gasteiger partial charge on any atom is -0.387 e. The van der Waals surface area contributed by atoms with Gasteiger partial charge in [-0.1, -0.05) is 44.0 Å². The molecule has 18 heavy (non-hydrogen) atoms. The van der Waals surface area contributed by atoms with Crippen LogP contribution in [0.1, 0.15) is 56.8 Å². The molecule has 1 aromatic carbocycles. The van der Waals surface area contributed by atoms with Crippen molar-refractivity contribution in [2.75, 3.05) is 0 Å². The Labute approximate surface area is 110 Å². The Kier molecular flexibility index (Phi) is 4.79. The Balaban J connectivity index is 1.93. The predicted molar refractivity (Wildman–Crippen MR) is 75.6 cm³/mol.